The van der Waals surface area contributed by atoms with E-state index in [9.17, 15) is 9.59 Å². The van der Waals surface area contributed by atoms with Gasteiger partial charge in [-0.3, -0.25) is 9.59 Å². The lowest BCUT2D eigenvalue weighted by Crippen LogP contribution is -2.15. The Labute approximate surface area is 198 Å². The van der Waals surface area contributed by atoms with Crippen molar-refractivity contribution in [2.75, 3.05) is 10.6 Å². The third kappa shape index (κ3) is 4.48. The van der Waals surface area contributed by atoms with Gasteiger partial charge in [0.1, 0.15) is 5.82 Å². The number of carbonyl (C=O) groups excluding carboxylic acids is 2. The topological polar surface area (TPSA) is 76.0 Å². The number of rotatable bonds is 5. The number of aromatic nitrogens is 2. The fraction of sp³-hybridized carbons (Fsp3) is 0.179. The summed E-state index contributed by atoms with van der Waals surface area (Å²) in [6.45, 7) is 2.90. The van der Waals surface area contributed by atoms with Crippen LogP contribution >= 0.6 is 0 Å². The SMILES string of the molecule is Cc1ccc(C(=O)Nc2ccc(-c3ncc4n3CCCC4)cc2)cc1NC(=O)c1ccccc1. The summed E-state index contributed by atoms with van der Waals surface area (Å²) in [6.07, 6.45) is 5.43. The summed E-state index contributed by atoms with van der Waals surface area (Å²) in [5.74, 6) is 0.532. The molecule has 1 aliphatic rings. The molecule has 0 aliphatic carbocycles. The molecule has 2 N–H and O–H groups in total. The second kappa shape index (κ2) is 9.35. The summed E-state index contributed by atoms with van der Waals surface area (Å²) in [6, 6.07) is 22.1. The number of imidazole rings is 1. The molecule has 0 bridgehead atoms. The maximum absolute atomic E-state index is 12.9. The van der Waals surface area contributed by atoms with Gasteiger partial charge >= 0.3 is 0 Å². The predicted molar refractivity (Wildman–Crippen MR) is 134 cm³/mol. The third-order valence-electron chi connectivity index (χ3n) is 6.19. The van der Waals surface area contributed by atoms with Gasteiger partial charge in [-0.2, -0.15) is 0 Å². The molecule has 0 atom stereocenters. The van der Waals surface area contributed by atoms with E-state index in [1.165, 1.54) is 18.5 Å². The van der Waals surface area contributed by atoms with Gasteiger partial charge in [-0.15, -0.1) is 0 Å². The molecule has 0 radical (unpaired) electrons. The number of hydrogen-bond acceptors (Lipinski definition) is 3. The van der Waals surface area contributed by atoms with Crippen LogP contribution in [0.15, 0.2) is 79.0 Å². The highest BCUT2D eigenvalue weighted by molar-refractivity contribution is 6.07. The monoisotopic (exact) mass is 450 g/mol. The van der Waals surface area contributed by atoms with Gasteiger partial charge in [0.05, 0.1) is 0 Å². The van der Waals surface area contributed by atoms with Gasteiger partial charge in [-0.05, 0) is 80.3 Å². The molecular formula is C28H26N4O2. The van der Waals surface area contributed by atoms with Crippen LogP contribution < -0.4 is 10.6 Å². The number of hydrogen-bond donors (Lipinski definition) is 2. The molecule has 0 unspecified atom stereocenters. The van der Waals surface area contributed by atoms with Crippen molar-refractivity contribution in [2.24, 2.45) is 0 Å². The molecule has 170 valence electrons. The van der Waals surface area contributed by atoms with E-state index >= 15 is 0 Å². The molecule has 1 aromatic heterocycles. The van der Waals surface area contributed by atoms with E-state index in [0.29, 0.717) is 22.5 Å². The zero-order chi connectivity index (χ0) is 23.5. The zero-order valence-corrected chi connectivity index (χ0v) is 19.0. The molecule has 0 saturated carbocycles. The van der Waals surface area contributed by atoms with E-state index in [0.717, 1.165) is 29.9 Å². The fourth-order valence-corrected chi connectivity index (χ4v) is 4.25. The highest BCUT2D eigenvalue weighted by Gasteiger charge is 2.16. The normalized spacial score (nSPS) is 12.6. The molecule has 5 rings (SSSR count). The average molecular weight is 451 g/mol. The second-order valence-electron chi connectivity index (χ2n) is 8.56. The molecule has 3 aromatic carbocycles. The molecule has 2 amide bonds. The van der Waals surface area contributed by atoms with Gasteiger partial charge < -0.3 is 15.2 Å². The van der Waals surface area contributed by atoms with Crippen LogP contribution in [-0.2, 0) is 13.0 Å². The molecule has 34 heavy (non-hydrogen) atoms. The fourth-order valence-electron chi connectivity index (χ4n) is 4.25. The van der Waals surface area contributed by atoms with Gasteiger partial charge in [-0.1, -0.05) is 24.3 Å². The van der Waals surface area contributed by atoms with Crippen molar-refractivity contribution in [1.29, 1.82) is 0 Å². The first-order valence-electron chi connectivity index (χ1n) is 11.5. The smallest absolute Gasteiger partial charge is 0.255 e. The van der Waals surface area contributed by atoms with Gasteiger partial charge in [0, 0.05) is 46.5 Å². The number of anilines is 2. The summed E-state index contributed by atoms with van der Waals surface area (Å²) in [7, 11) is 0. The number of nitrogens with one attached hydrogen (secondary N) is 2. The minimum absolute atomic E-state index is 0.210. The lowest BCUT2D eigenvalue weighted by molar-refractivity contribution is 0.101. The van der Waals surface area contributed by atoms with Crippen LogP contribution in [0.2, 0.25) is 0 Å². The highest BCUT2D eigenvalue weighted by atomic mass is 16.2. The molecule has 0 saturated heterocycles. The van der Waals surface area contributed by atoms with Crippen LogP contribution in [0.1, 0.15) is 44.8 Å². The Morgan fingerprint density at radius 3 is 2.41 bits per heavy atom. The molecule has 2 heterocycles. The van der Waals surface area contributed by atoms with Crippen molar-refractivity contribution < 1.29 is 9.59 Å². The van der Waals surface area contributed by atoms with Crippen molar-refractivity contribution in [3.05, 3.63) is 101 Å². The maximum Gasteiger partial charge on any atom is 0.255 e. The first-order valence-corrected chi connectivity index (χ1v) is 11.5. The summed E-state index contributed by atoms with van der Waals surface area (Å²) in [5.41, 5.74) is 5.56. The Hall–Kier alpha value is -4.19. The Kier molecular flexibility index (Phi) is 5.95. The third-order valence-corrected chi connectivity index (χ3v) is 6.19. The van der Waals surface area contributed by atoms with Crippen LogP contribution in [-0.4, -0.2) is 21.4 Å². The first-order chi connectivity index (χ1) is 16.6. The van der Waals surface area contributed by atoms with E-state index < -0.39 is 0 Å². The predicted octanol–water partition coefficient (Wildman–Crippen LogP) is 5.70. The minimum Gasteiger partial charge on any atom is -0.328 e. The molecule has 1 aliphatic heterocycles. The van der Waals surface area contributed by atoms with Crippen LogP contribution in [0.3, 0.4) is 0 Å². The maximum atomic E-state index is 12.9. The molecular weight excluding hydrogens is 424 g/mol. The zero-order valence-electron chi connectivity index (χ0n) is 19.0. The highest BCUT2D eigenvalue weighted by Crippen LogP contribution is 2.26. The summed E-state index contributed by atoms with van der Waals surface area (Å²) >= 11 is 0. The second-order valence-corrected chi connectivity index (χ2v) is 8.56. The number of fused-ring (bicyclic) bond motifs is 1. The van der Waals surface area contributed by atoms with Gasteiger partial charge in [0.25, 0.3) is 11.8 Å². The van der Waals surface area contributed by atoms with Crippen molar-refractivity contribution >= 4 is 23.2 Å². The quantitative estimate of drug-likeness (QED) is 0.410. The Balaban J connectivity index is 1.29. The molecule has 6 heteroatoms. The Morgan fingerprint density at radius 2 is 1.62 bits per heavy atom. The van der Waals surface area contributed by atoms with Gasteiger partial charge in [-0.25, -0.2) is 4.98 Å². The number of benzene rings is 3. The van der Waals surface area contributed by atoms with E-state index in [2.05, 4.69) is 20.2 Å². The molecule has 0 spiro atoms. The Morgan fingerprint density at radius 1 is 0.853 bits per heavy atom. The van der Waals surface area contributed by atoms with E-state index in [-0.39, 0.29) is 11.8 Å². The lowest BCUT2D eigenvalue weighted by Gasteiger charge is -2.16. The molecule has 4 aromatic rings. The summed E-state index contributed by atoms with van der Waals surface area (Å²) in [4.78, 5) is 30.0. The summed E-state index contributed by atoms with van der Waals surface area (Å²) in [5, 5.41) is 5.85. The standard InChI is InChI=1S/C28H26N4O2/c1-19-10-11-22(17-25(19)31-27(33)21-7-3-2-4-8-21)28(34)30-23-14-12-20(13-15-23)26-29-18-24-9-5-6-16-32(24)26/h2-4,7-8,10-15,17-18H,5-6,9,16H2,1H3,(H,30,34)(H,31,33). The minimum atomic E-state index is -0.235. The van der Waals surface area contributed by atoms with Crippen molar-refractivity contribution in [2.45, 2.75) is 32.7 Å². The van der Waals surface area contributed by atoms with Gasteiger partial charge in [0.15, 0.2) is 0 Å². The number of amides is 2. The number of carbonyl (C=O) groups is 2. The van der Waals surface area contributed by atoms with Crippen LogP contribution in [0.4, 0.5) is 11.4 Å². The van der Waals surface area contributed by atoms with E-state index in [4.69, 9.17) is 0 Å². The van der Waals surface area contributed by atoms with Crippen molar-refractivity contribution in [3.63, 3.8) is 0 Å². The van der Waals surface area contributed by atoms with E-state index in [1.54, 1.807) is 24.3 Å². The average Bonchev–Trinajstić information content (AvgIpc) is 3.30. The van der Waals surface area contributed by atoms with Crippen molar-refractivity contribution in [3.8, 4) is 11.4 Å². The number of nitrogens with zero attached hydrogens (tertiary/aromatic N) is 2. The molecule has 6 nitrogen and oxygen atoms in total. The van der Waals surface area contributed by atoms with Crippen LogP contribution in [0.25, 0.3) is 11.4 Å². The van der Waals surface area contributed by atoms with Crippen LogP contribution in [0, 0.1) is 6.92 Å². The van der Waals surface area contributed by atoms with E-state index in [1.807, 2.05) is 61.7 Å². The number of aryl methyl sites for hydroxylation is 2. The van der Waals surface area contributed by atoms with Gasteiger partial charge in [0.2, 0.25) is 0 Å². The Bertz CT molecular complexity index is 1340. The first kappa shape index (κ1) is 21.6. The largest absolute Gasteiger partial charge is 0.328 e. The summed E-state index contributed by atoms with van der Waals surface area (Å²) < 4.78 is 2.29. The van der Waals surface area contributed by atoms with Crippen LogP contribution in [0.5, 0.6) is 0 Å². The van der Waals surface area contributed by atoms with Crippen molar-refractivity contribution in [1.82, 2.24) is 9.55 Å². The molecule has 0 fully saturated rings. The lowest BCUT2D eigenvalue weighted by atomic mass is 10.1.